The molecule has 0 aliphatic heterocycles. The number of fused-ring (bicyclic) bond motifs is 6. The lowest BCUT2D eigenvalue weighted by Crippen LogP contribution is -2.14. The molecule has 0 saturated carbocycles. The first-order valence-corrected chi connectivity index (χ1v) is 15.6. The van der Waals surface area contributed by atoms with E-state index in [1.807, 2.05) is 36.5 Å². The highest BCUT2D eigenvalue weighted by Crippen LogP contribution is 2.49. The lowest BCUT2D eigenvalue weighted by Gasteiger charge is -2.22. The standard InChI is InChI=1S/C42H29N3O/c1-42(2)35-14-5-3-12-31(35)32-18-16-28(23-36(32)42)38-24-37(27-17-19-40-34(22-27)33-13-4-6-15-39(33)46-40)44-41(45-38)29-10-7-9-26(21-29)30-11-8-20-43-25-30/h3-25H,1-2H3. The lowest BCUT2D eigenvalue weighted by atomic mass is 9.82. The van der Waals surface area contributed by atoms with Crippen LogP contribution in [0.5, 0.6) is 0 Å². The second-order valence-corrected chi connectivity index (χ2v) is 12.5. The average molecular weight is 592 g/mol. The summed E-state index contributed by atoms with van der Waals surface area (Å²) in [5, 5.41) is 2.17. The minimum atomic E-state index is -0.105. The third-order valence-electron chi connectivity index (χ3n) is 9.39. The Hall–Kier alpha value is -5.87. The molecule has 3 heterocycles. The van der Waals surface area contributed by atoms with E-state index in [9.17, 15) is 0 Å². The number of para-hydroxylation sites is 1. The topological polar surface area (TPSA) is 51.8 Å². The highest BCUT2D eigenvalue weighted by molar-refractivity contribution is 6.06. The van der Waals surface area contributed by atoms with Crippen molar-refractivity contribution in [1.82, 2.24) is 15.0 Å². The summed E-state index contributed by atoms with van der Waals surface area (Å²) in [6.07, 6.45) is 3.68. The number of hydrogen-bond donors (Lipinski definition) is 0. The van der Waals surface area contributed by atoms with E-state index in [4.69, 9.17) is 14.4 Å². The first kappa shape index (κ1) is 26.5. The molecule has 0 spiro atoms. The summed E-state index contributed by atoms with van der Waals surface area (Å²) in [6, 6.07) is 44.6. The Balaban J connectivity index is 1.24. The van der Waals surface area contributed by atoms with E-state index in [-0.39, 0.29) is 5.41 Å². The summed E-state index contributed by atoms with van der Waals surface area (Å²) in [5.74, 6) is 0.679. The van der Waals surface area contributed by atoms with E-state index in [1.165, 1.54) is 22.3 Å². The Kier molecular flexibility index (Phi) is 5.81. The monoisotopic (exact) mass is 591 g/mol. The fraction of sp³-hybridized carbons (Fsp3) is 0.0714. The van der Waals surface area contributed by atoms with Gasteiger partial charge >= 0.3 is 0 Å². The van der Waals surface area contributed by atoms with Gasteiger partial charge < -0.3 is 4.42 Å². The van der Waals surface area contributed by atoms with Crippen LogP contribution in [0, 0.1) is 0 Å². The molecule has 1 aliphatic rings. The molecule has 1 aliphatic carbocycles. The van der Waals surface area contributed by atoms with Crippen molar-refractivity contribution in [3.63, 3.8) is 0 Å². The van der Waals surface area contributed by atoms with E-state index in [0.717, 1.165) is 61.1 Å². The molecule has 3 aromatic heterocycles. The fourth-order valence-electron chi connectivity index (χ4n) is 6.99. The van der Waals surface area contributed by atoms with Gasteiger partial charge in [0.25, 0.3) is 0 Å². The van der Waals surface area contributed by atoms with Gasteiger partial charge in [-0.05, 0) is 76.3 Å². The zero-order valence-electron chi connectivity index (χ0n) is 25.5. The third-order valence-corrected chi connectivity index (χ3v) is 9.39. The highest BCUT2D eigenvalue weighted by Gasteiger charge is 2.35. The number of hydrogen-bond acceptors (Lipinski definition) is 4. The average Bonchev–Trinajstić information content (AvgIpc) is 3.60. The van der Waals surface area contributed by atoms with Crippen molar-refractivity contribution >= 4 is 21.9 Å². The quantitative estimate of drug-likeness (QED) is 0.204. The maximum atomic E-state index is 6.14. The Bertz CT molecular complexity index is 2460. The van der Waals surface area contributed by atoms with Gasteiger partial charge in [-0.1, -0.05) is 92.7 Å². The van der Waals surface area contributed by atoms with Crippen LogP contribution in [0.2, 0.25) is 0 Å². The molecule has 0 bridgehead atoms. The van der Waals surface area contributed by atoms with Crippen LogP contribution in [0.4, 0.5) is 0 Å². The molecule has 8 aromatic rings. The summed E-state index contributed by atoms with van der Waals surface area (Å²) in [4.78, 5) is 14.7. The molecule has 0 N–H and O–H groups in total. The van der Waals surface area contributed by atoms with Crippen LogP contribution in [0.25, 0.3) is 78.1 Å². The van der Waals surface area contributed by atoms with Gasteiger partial charge in [-0.3, -0.25) is 4.98 Å². The largest absolute Gasteiger partial charge is 0.456 e. The van der Waals surface area contributed by atoms with Gasteiger partial charge in [-0.2, -0.15) is 0 Å². The van der Waals surface area contributed by atoms with Crippen molar-refractivity contribution in [3.8, 4) is 56.2 Å². The van der Waals surface area contributed by atoms with Gasteiger partial charge in [0.15, 0.2) is 5.82 Å². The predicted molar refractivity (Wildman–Crippen MR) is 186 cm³/mol. The van der Waals surface area contributed by atoms with E-state index < -0.39 is 0 Å². The molecule has 5 aromatic carbocycles. The van der Waals surface area contributed by atoms with Crippen LogP contribution >= 0.6 is 0 Å². The van der Waals surface area contributed by atoms with E-state index in [1.54, 1.807) is 6.20 Å². The lowest BCUT2D eigenvalue weighted by molar-refractivity contribution is 0.660. The van der Waals surface area contributed by atoms with Crippen LogP contribution in [0.1, 0.15) is 25.0 Å². The second kappa shape index (κ2) is 10.1. The molecule has 0 radical (unpaired) electrons. The summed E-state index contributed by atoms with van der Waals surface area (Å²) < 4.78 is 6.14. The van der Waals surface area contributed by atoms with Crippen LogP contribution in [-0.2, 0) is 5.41 Å². The Labute approximate surface area is 267 Å². The van der Waals surface area contributed by atoms with Crippen LogP contribution in [0.15, 0.2) is 144 Å². The molecule has 0 atom stereocenters. The normalized spacial score (nSPS) is 13.2. The maximum Gasteiger partial charge on any atom is 0.160 e. The van der Waals surface area contributed by atoms with Gasteiger partial charge in [-0.25, -0.2) is 9.97 Å². The number of aromatic nitrogens is 3. The number of furan rings is 1. The van der Waals surface area contributed by atoms with Crippen molar-refractivity contribution in [1.29, 1.82) is 0 Å². The van der Waals surface area contributed by atoms with Crippen molar-refractivity contribution < 1.29 is 4.42 Å². The van der Waals surface area contributed by atoms with Crippen LogP contribution in [-0.4, -0.2) is 15.0 Å². The molecule has 4 heteroatoms. The smallest absolute Gasteiger partial charge is 0.160 e. The molecule has 218 valence electrons. The van der Waals surface area contributed by atoms with Gasteiger partial charge in [0, 0.05) is 50.8 Å². The number of nitrogens with zero attached hydrogens (tertiary/aromatic N) is 3. The minimum Gasteiger partial charge on any atom is -0.456 e. The van der Waals surface area contributed by atoms with E-state index in [0.29, 0.717) is 5.82 Å². The zero-order valence-corrected chi connectivity index (χ0v) is 25.5. The molecular weight excluding hydrogens is 562 g/mol. The molecule has 4 nitrogen and oxygen atoms in total. The van der Waals surface area contributed by atoms with Crippen molar-refractivity contribution in [2.45, 2.75) is 19.3 Å². The van der Waals surface area contributed by atoms with Gasteiger partial charge in [0.2, 0.25) is 0 Å². The van der Waals surface area contributed by atoms with Gasteiger partial charge in [-0.15, -0.1) is 0 Å². The van der Waals surface area contributed by atoms with Gasteiger partial charge in [0.05, 0.1) is 11.4 Å². The Morgan fingerprint density at radius 1 is 0.500 bits per heavy atom. The van der Waals surface area contributed by atoms with Crippen LogP contribution in [0.3, 0.4) is 0 Å². The maximum absolute atomic E-state index is 6.14. The van der Waals surface area contributed by atoms with Gasteiger partial charge in [0.1, 0.15) is 11.2 Å². The van der Waals surface area contributed by atoms with Crippen molar-refractivity contribution in [2.24, 2.45) is 0 Å². The SMILES string of the molecule is CC1(C)c2ccccc2-c2ccc(-c3cc(-c4ccc5oc6ccccc6c5c4)nc(-c4cccc(-c5cccnc5)c4)n3)cc21. The van der Waals surface area contributed by atoms with Crippen LogP contribution < -0.4 is 0 Å². The predicted octanol–water partition coefficient (Wildman–Crippen LogP) is 10.7. The third kappa shape index (κ3) is 4.18. The number of benzene rings is 5. The highest BCUT2D eigenvalue weighted by atomic mass is 16.3. The zero-order chi connectivity index (χ0) is 30.8. The summed E-state index contributed by atoms with van der Waals surface area (Å²) >= 11 is 0. The number of pyridine rings is 1. The summed E-state index contributed by atoms with van der Waals surface area (Å²) in [6.45, 7) is 4.62. The molecule has 0 amide bonds. The number of rotatable bonds is 4. The minimum absolute atomic E-state index is 0.105. The second-order valence-electron chi connectivity index (χ2n) is 12.5. The molecule has 0 unspecified atom stereocenters. The first-order chi connectivity index (χ1) is 22.5. The summed E-state index contributed by atoms with van der Waals surface area (Å²) in [7, 11) is 0. The molecular formula is C42H29N3O. The molecule has 9 rings (SSSR count). The fourth-order valence-corrected chi connectivity index (χ4v) is 6.99. The molecule has 0 fully saturated rings. The van der Waals surface area contributed by atoms with Crippen molar-refractivity contribution in [3.05, 3.63) is 151 Å². The Morgan fingerprint density at radius 3 is 2.09 bits per heavy atom. The van der Waals surface area contributed by atoms with E-state index in [2.05, 4.69) is 116 Å². The summed E-state index contributed by atoms with van der Waals surface area (Å²) in [5.41, 5.74) is 13.8. The van der Waals surface area contributed by atoms with E-state index >= 15 is 0 Å². The Morgan fingerprint density at radius 2 is 1.22 bits per heavy atom. The first-order valence-electron chi connectivity index (χ1n) is 15.6. The van der Waals surface area contributed by atoms with Crippen molar-refractivity contribution in [2.75, 3.05) is 0 Å². The molecule has 46 heavy (non-hydrogen) atoms. The molecule has 0 saturated heterocycles.